The molecule has 0 amide bonds. The molecular formula is C11H16FNO3S. The molecule has 0 aliphatic rings. The van der Waals surface area contributed by atoms with Crippen molar-refractivity contribution in [1.29, 1.82) is 0 Å². The molecule has 1 N–H and O–H groups in total. The van der Waals surface area contributed by atoms with Crippen LogP contribution in [0.3, 0.4) is 0 Å². The highest BCUT2D eigenvalue weighted by atomic mass is 32.2. The van der Waals surface area contributed by atoms with Gasteiger partial charge in [-0.1, -0.05) is 6.92 Å². The van der Waals surface area contributed by atoms with Gasteiger partial charge in [0, 0.05) is 0 Å². The summed E-state index contributed by atoms with van der Waals surface area (Å²) < 4.78 is 43.9. The molecule has 0 spiro atoms. The van der Waals surface area contributed by atoms with Gasteiger partial charge in [0.25, 0.3) is 0 Å². The van der Waals surface area contributed by atoms with E-state index in [2.05, 4.69) is 4.72 Å². The molecule has 0 atom stereocenters. The third-order valence-electron chi connectivity index (χ3n) is 2.13. The molecule has 6 heteroatoms. The van der Waals surface area contributed by atoms with Crippen LogP contribution in [0.1, 0.15) is 18.9 Å². The zero-order valence-corrected chi connectivity index (χ0v) is 10.9. The normalized spacial score (nSPS) is 11.3. The minimum absolute atomic E-state index is 0.00822. The van der Waals surface area contributed by atoms with Gasteiger partial charge in [-0.25, -0.2) is 12.8 Å². The Morgan fingerprint density at radius 2 is 2.06 bits per heavy atom. The molecule has 1 aromatic carbocycles. The number of rotatable bonds is 5. The number of sulfonamides is 1. The Morgan fingerprint density at radius 1 is 1.41 bits per heavy atom. The van der Waals surface area contributed by atoms with Gasteiger partial charge in [-0.2, -0.15) is 0 Å². The molecule has 96 valence electrons. The van der Waals surface area contributed by atoms with Crippen molar-refractivity contribution in [1.82, 2.24) is 0 Å². The first-order chi connectivity index (χ1) is 7.89. The number of hydrogen-bond donors (Lipinski definition) is 1. The van der Waals surface area contributed by atoms with Gasteiger partial charge in [-0.05, 0) is 31.0 Å². The Kier molecular flexibility index (Phi) is 4.34. The van der Waals surface area contributed by atoms with Crippen LogP contribution in [0.15, 0.2) is 12.1 Å². The molecule has 4 nitrogen and oxygen atoms in total. The molecule has 17 heavy (non-hydrogen) atoms. The maximum Gasteiger partial charge on any atom is 0.232 e. The van der Waals surface area contributed by atoms with Crippen molar-refractivity contribution in [3.05, 3.63) is 23.5 Å². The lowest BCUT2D eigenvalue weighted by atomic mass is 10.2. The highest BCUT2D eigenvalue weighted by Gasteiger charge is 2.16. The quantitative estimate of drug-likeness (QED) is 0.884. The minimum atomic E-state index is -3.45. The predicted octanol–water partition coefficient (Wildman–Crippen LogP) is 2.29. The Hall–Kier alpha value is -1.30. The van der Waals surface area contributed by atoms with Gasteiger partial charge in [0.15, 0.2) is 11.6 Å². The minimum Gasteiger partial charge on any atom is -0.492 e. The standard InChI is InChI=1S/C11H16FNO3S/c1-4-5-17(14,15)13-10-7-8(2)6-9(12)11(10)16-3/h6-7,13H,4-5H2,1-3H3. The van der Waals surface area contributed by atoms with E-state index in [0.717, 1.165) is 0 Å². The van der Waals surface area contributed by atoms with Crippen LogP contribution < -0.4 is 9.46 Å². The predicted molar refractivity (Wildman–Crippen MR) is 65.4 cm³/mol. The fourth-order valence-corrected chi connectivity index (χ4v) is 2.63. The second kappa shape index (κ2) is 5.35. The fourth-order valence-electron chi connectivity index (χ4n) is 1.50. The first kappa shape index (κ1) is 13.8. The lowest BCUT2D eigenvalue weighted by Crippen LogP contribution is -2.17. The van der Waals surface area contributed by atoms with Gasteiger partial charge in [0.05, 0.1) is 18.6 Å². The number of nitrogens with one attached hydrogen (secondary N) is 1. The summed E-state index contributed by atoms with van der Waals surface area (Å²) in [6.45, 7) is 3.44. The molecule has 0 fully saturated rings. The number of anilines is 1. The van der Waals surface area contributed by atoms with Crippen LogP contribution in [-0.4, -0.2) is 21.3 Å². The van der Waals surface area contributed by atoms with Crippen LogP contribution in [0.5, 0.6) is 5.75 Å². The van der Waals surface area contributed by atoms with Gasteiger partial charge in [-0.3, -0.25) is 4.72 Å². The first-order valence-corrected chi connectivity index (χ1v) is 6.89. The average molecular weight is 261 g/mol. The van der Waals surface area contributed by atoms with Crippen molar-refractivity contribution < 1.29 is 17.5 Å². The SMILES string of the molecule is CCCS(=O)(=O)Nc1cc(C)cc(F)c1OC. The highest BCUT2D eigenvalue weighted by Crippen LogP contribution is 2.29. The summed E-state index contributed by atoms with van der Waals surface area (Å²) in [6, 6.07) is 2.82. The highest BCUT2D eigenvalue weighted by molar-refractivity contribution is 7.92. The Balaban J connectivity index is 3.14. The molecule has 0 saturated carbocycles. The molecule has 0 radical (unpaired) electrons. The maximum atomic E-state index is 13.5. The van der Waals surface area contributed by atoms with E-state index in [-0.39, 0.29) is 17.2 Å². The molecule has 0 aliphatic carbocycles. The van der Waals surface area contributed by atoms with E-state index in [1.54, 1.807) is 13.8 Å². The Bertz CT molecular complexity index is 500. The molecule has 0 bridgehead atoms. The molecule has 0 unspecified atom stereocenters. The van der Waals surface area contributed by atoms with E-state index < -0.39 is 15.8 Å². The van der Waals surface area contributed by atoms with Crippen molar-refractivity contribution in [2.24, 2.45) is 0 Å². The molecular weight excluding hydrogens is 245 g/mol. The van der Waals surface area contributed by atoms with Gasteiger partial charge in [0.1, 0.15) is 0 Å². The van der Waals surface area contributed by atoms with Crippen LogP contribution in [0, 0.1) is 12.7 Å². The van der Waals surface area contributed by atoms with E-state index in [1.807, 2.05) is 0 Å². The summed E-state index contributed by atoms with van der Waals surface area (Å²) in [5, 5.41) is 0. The molecule has 1 aromatic rings. The number of methoxy groups -OCH3 is 1. The lowest BCUT2D eigenvalue weighted by Gasteiger charge is -2.12. The van der Waals surface area contributed by atoms with E-state index >= 15 is 0 Å². The van der Waals surface area contributed by atoms with E-state index in [1.165, 1.54) is 19.2 Å². The smallest absolute Gasteiger partial charge is 0.232 e. The van der Waals surface area contributed by atoms with E-state index in [4.69, 9.17) is 4.74 Å². The third kappa shape index (κ3) is 3.59. The molecule has 0 aromatic heterocycles. The van der Waals surface area contributed by atoms with Gasteiger partial charge >= 0.3 is 0 Å². The van der Waals surface area contributed by atoms with E-state index in [9.17, 15) is 12.8 Å². The van der Waals surface area contributed by atoms with Crippen molar-refractivity contribution >= 4 is 15.7 Å². The van der Waals surface area contributed by atoms with Crippen LogP contribution in [0.4, 0.5) is 10.1 Å². The Labute approximate surface area is 101 Å². The summed E-state index contributed by atoms with van der Waals surface area (Å²) in [5.74, 6) is -0.678. The number of ether oxygens (including phenoxy) is 1. The fraction of sp³-hybridized carbons (Fsp3) is 0.455. The van der Waals surface area contributed by atoms with Crippen molar-refractivity contribution in [3.8, 4) is 5.75 Å². The van der Waals surface area contributed by atoms with Gasteiger partial charge in [0.2, 0.25) is 10.0 Å². The summed E-state index contributed by atoms with van der Waals surface area (Å²) in [5.41, 5.74) is 0.760. The summed E-state index contributed by atoms with van der Waals surface area (Å²) in [4.78, 5) is 0. The van der Waals surface area contributed by atoms with Crippen LogP contribution in [0.25, 0.3) is 0 Å². The summed E-state index contributed by atoms with van der Waals surface area (Å²) in [7, 11) is -2.15. The van der Waals surface area contributed by atoms with Crippen molar-refractivity contribution in [3.63, 3.8) is 0 Å². The zero-order chi connectivity index (χ0) is 13.1. The van der Waals surface area contributed by atoms with E-state index in [0.29, 0.717) is 12.0 Å². The largest absolute Gasteiger partial charge is 0.492 e. The number of halogens is 1. The topological polar surface area (TPSA) is 55.4 Å². The number of benzene rings is 1. The maximum absolute atomic E-state index is 13.5. The second-order valence-corrected chi connectivity index (χ2v) is 5.59. The molecule has 0 heterocycles. The lowest BCUT2D eigenvalue weighted by molar-refractivity contribution is 0.388. The summed E-state index contributed by atoms with van der Waals surface area (Å²) in [6.07, 6.45) is 0.492. The molecule has 0 aliphatic heterocycles. The van der Waals surface area contributed by atoms with Crippen molar-refractivity contribution in [2.45, 2.75) is 20.3 Å². The Morgan fingerprint density at radius 3 is 2.59 bits per heavy atom. The first-order valence-electron chi connectivity index (χ1n) is 5.24. The van der Waals surface area contributed by atoms with Crippen LogP contribution >= 0.6 is 0 Å². The van der Waals surface area contributed by atoms with Gasteiger partial charge < -0.3 is 4.74 Å². The summed E-state index contributed by atoms with van der Waals surface area (Å²) >= 11 is 0. The number of hydrogen-bond acceptors (Lipinski definition) is 3. The average Bonchev–Trinajstić information content (AvgIpc) is 2.15. The van der Waals surface area contributed by atoms with Crippen LogP contribution in [0.2, 0.25) is 0 Å². The molecule has 0 saturated heterocycles. The van der Waals surface area contributed by atoms with Crippen LogP contribution in [-0.2, 0) is 10.0 Å². The second-order valence-electron chi connectivity index (χ2n) is 3.75. The number of aryl methyl sites for hydroxylation is 1. The monoisotopic (exact) mass is 261 g/mol. The third-order valence-corrected chi connectivity index (χ3v) is 3.61. The molecule has 1 rings (SSSR count). The zero-order valence-electron chi connectivity index (χ0n) is 10.1. The van der Waals surface area contributed by atoms with Gasteiger partial charge in [-0.15, -0.1) is 0 Å². The van der Waals surface area contributed by atoms with Crippen molar-refractivity contribution in [2.75, 3.05) is 17.6 Å².